The molecule has 1 N–H and O–H groups in total. The number of sulfonamides is 1. The molecule has 0 fully saturated rings. The van der Waals surface area contributed by atoms with E-state index in [4.69, 9.17) is 10.9 Å². The van der Waals surface area contributed by atoms with E-state index in [0.29, 0.717) is 12.1 Å². The first-order valence-electron chi connectivity index (χ1n) is 5.33. The number of aryl methyl sites for hydroxylation is 2. The SMILES string of the molecule is C#CC(CCC)NS(=O)(=O)c1c(C)noc1C. The smallest absolute Gasteiger partial charge is 0.247 e. The Morgan fingerprint density at radius 2 is 2.18 bits per heavy atom. The zero-order chi connectivity index (χ0) is 13.1. The van der Waals surface area contributed by atoms with Gasteiger partial charge in [0.15, 0.2) is 5.76 Å². The van der Waals surface area contributed by atoms with E-state index in [0.717, 1.165) is 6.42 Å². The second-order valence-corrected chi connectivity index (χ2v) is 5.43. The molecule has 1 atom stereocenters. The molecule has 0 aromatic carbocycles. The van der Waals surface area contributed by atoms with Crippen molar-refractivity contribution in [1.29, 1.82) is 0 Å². The van der Waals surface area contributed by atoms with Gasteiger partial charge in [-0.1, -0.05) is 24.4 Å². The number of terminal acetylenes is 1. The summed E-state index contributed by atoms with van der Waals surface area (Å²) in [7, 11) is -3.66. The fraction of sp³-hybridized carbons (Fsp3) is 0.545. The molecule has 1 heterocycles. The molecule has 0 aliphatic heterocycles. The number of hydrogen-bond acceptors (Lipinski definition) is 4. The zero-order valence-corrected chi connectivity index (χ0v) is 11.0. The van der Waals surface area contributed by atoms with E-state index in [9.17, 15) is 8.42 Å². The normalized spacial score (nSPS) is 13.3. The number of nitrogens with one attached hydrogen (secondary N) is 1. The summed E-state index contributed by atoms with van der Waals surface area (Å²) in [5.41, 5.74) is 0.335. The molecule has 17 heavy (non-hydrogen) atoms. The summed E-state index contributed by atoms with van der Waals surface area (Å²) in [5, 5.41) is 3.62. The van der Waals surface area contributed by atoms with Gasteiger partial charge in [0.2, 0.25) is 10.0 Å². The van der Waals surface area contributed by atoms with Gasteiger partial charge in [0.25, 0.3) is 0 Å². The van der Waals surface area contributed by atoms with E-state index >= 15 is 0 Å². The van der Waals surface area contributed by atoms with E-state index in [-0.39, 0.29) is 10.7 Å². The molecule has 0 saturated carbocycles. The molecule has 1 aromatic heterocycles. The predicted molar refractivity (Wildman–Crippen MR) is 63.8 cm³/mol. The van der Waals surface area contributed by atoms with Crippen molar-refractivity contribution in [2.75, 3.05) is 0 Å². The Labute approximate surface area is 102 Å². The van der Waals surface area contributed by atoms with Gasteiger partial charge in [0.05, 0.1) is 6.04 Å². The molecule has 94 valence electrons. The highest BCUT2D eigenvalue weighted by Crippen LogP contribution is 2.19. The molecular weight excluding hydrogens is 240 g/mol. The number of hydrogen-bond donors (Lipinski definition) is 1. The summed E-state index contributed by atoms with van der Waals surface area (Å²) in [4.78, 5) is 0.0776. The third kappa shape index (κ3) is 3.08. The monoisotopic (exact) mass is 256 g/mol. The van der Waals surface area contributed by atoms with E-state index in [1.807, 2.05) is 6.92 Å². The standard InChI is InChI=1S/C11H16N2O3S/c1-5-7-10(6-2)13-17(14,15)11-8(3)12-16-9(11)4/h2,10,13H,5,7H2,1,3-4H3. The Balaban J connectivity index is 3.01. The largest absolute Gasteiger partial charge is 0.360 e. The maximum absolute atomic E-state index is 12.1. The summed E-state index contributed by atoms with van der Waals surface area (Å²) in [6, 6.07) is -0.501. The number of aromatic nitrogens is 1. The topological polar surface area (TPSA) is 72.2 Å². The van der Waals surface area contributed by atoms with Crippen molar-refractivity contribution in [2.45, 2.75) is 44.6 Å². The predicted octanol–water partition coefficient (Wildman–Crippen LogP) is 1.37. The lowest BCUT2D eigenvalue weighted by molar-refractivity contribution is 0.390. The van der Waals surface area contributed by atoms with Gasteiger partial charge >= 0.3 is 0 Å². The first-order chi connectivity index (χ1) is 7.92. The molecule has 0 spiro atoms. The summed E-state index contributed by atoms with van der Waals surface area (Å²) in [6.07, 6.45) is 6.68. The minimum Gasteiger partial charge on any atom is -0.360 e. The van der Waals surface area contributed by atoms with Crippen LogP contribution in [0.1, 0.15) is 31.2 Å². The number of nitrogens with zero attached hydrogens (tertiary/aromatic N) is 1. The van der Waals surface area contributed by atoms with Crippen LogP contribution in [0.2, 0.25) is 0 Å². The molecule has 1 rings (SSSR count). The maximum atomic E-state index is 12.1. The Kier molecular flexibility index (Phi) is 4.32. The zero-order valence-electron chi connectivity index (χ0n) is 10.1. The fourth-order valence-electron chi connectivity index (χ4n) is 1.57. The highest BCUT2D eigenvalue weighted by molar-refractivity contribution is 7.89. The van der Waals surface area contributed by atoms with Gasteiger partial charge in [-0.25, -0.2) is 8.42 Å². The first kappa shape index (κ1) is 13.7. The fourth-order valence-corrected chi connectivity index (χ4v) is 3.09. The Hall–Kier alpha value is -1.32. The van der Waals surface area contributed by atoms with Crippen LogP contribution in [0.25, 0.3) is 0 Å². The van der Waals surface area contributed by atoms with Gasteiger partial charge in [-0.05, 0) is 20.3 Å². The number of rotatable bonds is 5. The van der Waals surface area contributed by atoms with Crippen LogP contribution in [0, 0.1) is 26.2 Å². The van der Waals surface area contributed by atoms with Crippen molar-refractivity contribution < 1.29 is 12.9 Å². The van der Waals surface area contributed by atoms with Crippen LogP contribution in [0.4, 0.5) is 0 Å². The van der Waals surface area contributed by atoms with Crippen molar-refractivity contribution in [1.82, 2.24) is 9.88 Å². The van der Waals surface area contributed by atoms with Gasteiger partial charge < -0.3 is 4.52 Å². The minimum atomic E-state index is -3.66. The van der Waals surface area contributed by atoms with Crippen LogP contribution < -0.4 is 4.72 Å². The lowest BCUT2D eigenvalue weighted by Crippen LogP contribution is -2.34. The van der Waals surface area contributed by atoms with Crippen LogP contribution in [-0.4, -0.2) is 19.6 Å². The molecule has 0 radical (unpaired) electrons. The Morgan fingerprint density at radius 1 is 1.53 bits per heavy atom. The van der Waals surface area contributed by atoms with E-state index in [2.05, 4.69) is 15.8 Å². The van der Waals surface area contributed by atoms with Crippen LogP contribution in [0.15, 0.2) is 9.42 Å². The lowest BCUT2D eigenvalue weighted by atomic mass is 10.2. The van der Waals surface area contributed by atoms with Crippen molar-refractivity contribution in [3.8, 4) is 12.3 Å². The van der Waals surface area contributed by atoms with Gasteiger partial charge in [0.1, 0.15) is 10.6 Å². The van der Waals surface area contributed by atoms with Crippen molar-refractivity contribution in [2.24, 2.45) is 0 Å². The van der Waals surface area contributed by atoms with Crippen molar-refractivity contribution in [3.63, 3.8) is 0 Å². The van der Waals surface area contributed by atoms with Gasteiger partial charge in [0, 0.05) is 0 Å². The highest BCUT2D eigenvalue weighted by atomic mass is 32.2. The average Bonchev–Trinajstić information content (AvgIpc) is 2.58. The minimum absolute atomic E-state index is 0.0776. The quantitative estimate of drug-likeness (QED) is 0.808. The van der Waals surface area contributed by atoms with Crippen molar-refractivity contribution >= 4 is 10.0 Å². The Bertz CT molecular complexity index is 506. The summed E-state index contributed by atoms with van der Waals surface area (Å²) in [6.45, 7) is 5.07. The summed E-state index contributed by atoms with van der Waals surface area (Å²) in [5.74, 6) is 2.68. The highest BCUT2D eigenvalue weighted by Gasteiger charge is 2.26. The lowest BCUT2D eigenvalue weighted by Gasteiger charge is -2.11. The molecule has 0 saturated heterocycles. The van der Waals surface area contributed by atoms with Crippen LogP contribution in [-0.2, 0) is 10.0 Å². The maximum Gasteiger partial charge on any atom is 0.247 e. The van der Waals surface area contributed by atoms with E-state index in [1.54, 1.807) is 13.8 Å². The van der Waals surface area contributed by atoms with E-state index in [1.165, 1.54) is 0 Å². The molecular formula is C11H16N2O3S. The molecule has 1 aromatic rings. The molecule has 6 heteroatoms. The van der Waals surface area contributed by atoms with E-state index < -0.39 is 16.1 Å². The van der Waals surface area contributed by atoms with Crippen LogP contribution in [0.3, 0.4) is 0 Å². The second-order valence-electron chi connectivity index (χ2n) is 3.78. The molecule has 0 aliphatic carbocycles. The van der Waals surface area contributed by atoms with Gasteiger partial charge in [-0.2, -0.15) is 4.72 Å². The summed E-state index contributed by atoms with van der Waals surface area (Å²) >= 11 is 0. The van der Waals surface area contributed by atoms with Crippen LogP contribution in [0.5, 0.6) is 0 Å². The summed E-state index contributed by atoms with van der Waals surface area (Å²) < 4.78 is 31.4. The van der Waals surface area contributed by atoms with Gasteiger partial charge in [-0.3, -0.25) is 0 Å². The molecule has 1 unspecified atom stereocenters. The molecule has 0 bridgehead atoms. The third-order valence-electron chi connectivity index (χ3n) is 2.31. The molecule has 5 nitrogen and oxygen atoms in total. The molecule has 0 amide bonds. The average molecular weight is 256 g/mol. The van der Waals surface area contributed by atoms with Crippen molar-refractivity contribution in [3.05, 3.63) is 11.5 Å². The molecule has 0 aliphatic rings. The van der Waals surface area contributed by atoms with Crippen LogP contribution >= 0.6 is 0 Å². The Morgan fingerprint density at radius 3 is 2.59 bits per heavy atom. The second kappa shape index (κ2) is 5.34. The third-order valence-corrected chi connectivity index (χ3v) is 4.03. The first-order valence-corrected chi connectivity index (χ1v) is 6.82. The van der Waals surface area contributed by atoms with Gasteiger partial charge in [-0.15, -0.1) is 6.42 Å².